The molecule has 0 atom stereocenters. The van der Waals surface area contributed by atoms with Crippen molar-refractivity contribution < 1.29 is 9.18 Å². The van der Waals surface area contributed by atoms with Crippen LogP contribution in [0.25, 0.3) is 22.2 Å². The number of halogens is 1. The Morgan fingerprint density at radius 1 is 1.07 bits per heavy atom. The molecular formula is C23H24FN5O. The van der Waals surface area contributed by atoms with Crippen LogP contribution in [-0.4, -0.2) is 27.0 Å². The van der Waals surface area contributed by atoms with E-state index in [4.69, 9.17) is 15.7 Å². The van der Waals surface area contributed by atoms with Gasteiger partial charge in [0.1, 0.15) is 22.7 Å². The fourth-order valence-corrected chi connectivity index (χ4v) is 3.54. The van der Waals surface area contributed by atoms with Gasteiger partial charge >= 0.3 is 0 Å². The first-order valence-electron chi connectivity index (χ1n) is 10.2. The topological polar surface area (TPSA) is 85.8 Å². The van der Waals surface area contributed by atoms with Crippen molar-refractivity contribution in [2.24, 2.45) is 0 Å². The lowest BCUT2D eigenvalue weighted by Crippen LogP contribution is -2.25. The maximum Gasteiger partial charge on any atom is 0.257 e. The normalized spacial score (nSPS) is 11.3. The quantitative estimate of drug-likeness (QED) is 0.450. The van der Waals surface area contributed by atoms with Crippen molar-refractivity contribution in [3.63, 3.8) is 0 Å². The fraction of sp³-hybridized carbons (Fsp3) is 0.261. The summed E-state index contributed by atoms with van der Waals surface area (Å²) in [7, 11) is 0. The van der Waals surface area contributed by atoms with Crippen molar-refractivity contribution in [2.75, 3.05) is 12.3 Å². The molecule has 0 radical (unpaired) electrons. The van der Waals surface area contributed by atoms with Gasteiger partial charge in [-0.25, -0.2) is 14.4 Å². The molecule has 0 fully saturated rings. The summed E-state index contributed by atoms with van der Waals surface area (Å²) < 4.78 is 15.1. The monoisotopic (exact) mass is 405 g/mol. The second-order valence-corrected chi connectivity index (χ2v) is 7.32. The van der Waals surface area contributed by atoms with E-state index in [2.05, 4.69) is 12.2 Å². The molecule has 4 aromatic rings. The lowest BCUT2D eigenvalue weighted by atomic mass is 10.2. The third-order valence-electron chi connectivity index (χ3n) is 5.14. The van der Waals surface area contributed by atoms with E-state index < -0.39 is 0 Å². The van der Waals surface area contributed by atoms with Crippen molar-refractivity contribution in [1.29, 1.82) is 0 Å². The molecule has 30 heavy (non-hydrogen) atoms. The molecule has 1 amide bonds. The second-order valence-electron chi connectivity index (χ2n) is 7.32. The maximum atomic E-state index is 13.3. The fourth-order valence-electron chi connectivity index (χ4n) is 3.54. The van der Waals surface area contributed by atoms with Crippen LogP contribution in [0.5, 0.6) is 0 Å². The molecule has 0 aliphatic carbocycles. The number of anilines is 1. The molecule has 0 unspecified atom stereocenters. The number of nitrogen functional groups attached to an aromatic ring is 1. The Morgan fingerprint density at radius 2 is 1.77 bits per heavy atom. The van der Waals surface area contributed by atoms with E-state index in [0.717, 1.165) is 30.3 Å². The van der Waals surface area contributed by atoms with Crippen molar-refractivity contribution in [1.82, 2.24) is 19.9 Å². The molecule has 7 heteroatoms. The summed E-state index contributed by atoms with van der Waals surface area (Å²) in [5, 5.41) is 2.95. The van der Waals surface area contributed by atoms with E-state index in [1.807, 2.05) is 24.3 Å². The zero-order chi connectivity index (χ0) is 21.1. The van der Waals surface area contributed by atoms with Crippen LogP contribution in [0.1, 0.15) is 42.1 Å². The van der Waals surface area contributed by atoms with Crippen LogP contribution < -0.4 is 11.1 Å². The summed E-state index contributed by atoms with van der Waals surface area (Å²) in [6.45, 7) is 3.06. The third-order valence-corrected chi connectivity index (χ3v) is 5.14. The Bertz CT molecular complexity index is 1200. The number of unbranched alkanes of at least 4 members (excludes halogenated alkanes) is 2. The van der Waals surface area contributed by atoms with Gasteiger partial charge in [0.2, 0.25) is 0 Å². The van der Waals surface area contributed by atoms with Gasteiger partial charge in [0.15, 0.2) is 5.65 Å². The molecule has 0 saturated carbocycles. The summed E-state index contributed by atoms with van der Waals surface area (Å²) >= 11 is 0. The minimum absolute atomic E-state index is 0.254. The van der Waals surface area contributed by atoms with Gasteiger partial charge in [-0.3, -0.25) is 4.79 Å². The number of benzene rings is 2. The average Bonchev–Trinajstić information content (AvgIpc) is 3.01. The number of nitrogens with zero attached hydrogens (tertiary/aromatic N) is 3. The lowest BCUT2D eigenvalue weighted by Gasteiger charge is -2.08. The first kappa shape index (κ1) is 19.8. The van der Waals surface area contributed by atoms with Gasteiger partial charge in [0, 0.05) is 6.54 Å². The number of hydrogen-bond acceptors (Lipinski definition) is 4. The van der Waals surface area contributed by atoms with E-state index in [0.29, 0.717) is 41.2 Å². The van der Waals surface area contributed by atoms with Gasteiger partial charge in [-0.2, -0.15) is 0 Å². The minimum atomic E-state index is -0.304. The SMILES string of the molecule is CCCCCNC(=O)c1c(N)n(Cc2ccc(F)cc2)c2nc3ccccc3nc12. The predicted octanol–water partition coefficient (Wildman–Crippen LogP) is 4.27. The Kier molecular flexibility index (Phi) is 5.61. The second kappa shape index (κ2) is 8.49. The summed E-state index contributed by atoms with van der Waals surface area (Å²) in [6, 6.07) is 13.7. The average molecular weight is 405 g/mol. The number of nitrogens with two attached hydrogens (primary N) is 1. The van der Waals surface area contributed by atoms with E-state index in [1.165, 1.54) is 12.1 Å². The molecule has 0 saturated heterocycles. The molecule has 154 valence electrons. The molecule has 2 heterocycles. The van der Waals surface area contributed by atoms with Crippen molar-refractivity contribution in [3.8, 4) is 0 Å². The summed E-state index contributed by atoms with van der Waals surface area (Å²) in [5.74, 6) is -0.254. The zero-order valence-electron chi connectivity index (χ0n) is 16.9. The molecule has 0 spiro atoms. The van der Waals surface area contributed by atoms with Crippen LogP contribution in [0.15, 0.2) is 48.5 Å². The molecule has 3 N–H and O–H groups in total. The molecule has 2 aromatic heterocycles. The Hall–Kier alpha value is -3.48. The summed E-state index contributed by atoms with van der Waals surface area (Å²) in [5.41, 5.74) is 10.1. The number of rotatable bonds is 7. The smallest absolute Gasteiger partial charge is 0.257 e. The summed E-state index contributed by atoms with van der Waals surface area (Å²) in [6.07, 6.45) is 3.03. The van der Waals surface area contributed by atoms with Gasteiger partial charge in [-0.05, 0) is 36.2 Å². The number of aromatic nitrogens is 3. The van der Waals surface area contributed by atoms with Gasteiger partial charge < -0.3 is 15.6 Å². The lowest BCUT2D eigenvalue weighted by molar-refractivity contribution is 0.0955. The molecule has 0 aliphatic rings. The van der Waals surface area contributed by atoms with Gasteiger partial charge in [-0.1, -0.05) is 44.0 Å². The first-order chi connectivity index (χ1) is 14.6. The maximum absolute atomic E-state index is 13.3. The highest BCUT2D eigenvalue weighted by Gasteiger charge is 2.23. The highest BCUT2D eigenvalue weighted by Crippen LogP contribution is 2.28. The number of carbonyl (C=O) groups excluding carboxylic acids is 1. The van der Waals surface area contributed by atoms with Crippen molar-refractivity contribution in [2.45, 2.75) is 32.7 Å². The van der Waals surface area contributed by atoms with Crippen LogP contribution in [0.4, 0.5) is 10.2 Å². The molecule has 0 bridgehead atoms. The Labute approximate surface area is 173 Å². The van der Waals surface area contributed by atoms with Crippen LogP contribution >= 0.6 is 0 Å². The van der Waals surface area contributed by atoms with E-state index in [-0.39, 0.29) is 11.7 Å². The van der Waals surface area contributed by atoms with Crippen LogP contribution in [-0.2, 0) is 6.54 Å². The Balaban J connectivity index is 1.81. The third kappa shape index (κ3) is 3.83. The predicted molar refractivity (Wildman–Crippen MR) is 117 cm³/mol. The number of para-hydroxylation sites is 2. The number of nitrogens with one attached hydrogen (secondary N) is 1. The van der Waals surface area contributed by atoms with Crippen LogP contribution in [0.3, 0.4) is 0 Å². The zero-order valence-corrected chi connectivity index (χ0v) is 16.9. The molecule has 0 aliphatic heterocycles. The van der Waals surface area contributed by atoms with E-state index >= 15 is 0 Å². The largest absolute Gasteiger partial charge is 0.384 e. The number of hydrogen-bond donors (Lipinski definition) is 2. The molecular weight excluding hydrogens is 381 g/mol. The minimum Gasteiger partial charge on any atom is -0.384 e. The van der Waals surface area contributed by atoms with Crippen molar-refractivity contribution in [3.05, 3.63) is 65.5 Å². The highest BCUT2D eigenvalue weighted by molar-refractivity contribution is 6.10. The molecule has 4 rings (SSSR count). The standard InChI is InChI=1S/C23H24FN5O/c1-2-3-6-13-26-23(30)19-20-22(28-18-8-5-4-7-17(18)27-20)29(21(19)25)14-15-9-11-16(24)12-10-15/h4-5,7-12H,2-3,6,13-14,25H2,1H3,(H,26,30). The number of fused-ring (bicyclic) bond motifs is 2. The van der Waals surface area contributed by atoms with Gasteiger partial charge in [0.25, 0.3) is 5.91 Å². The Morgan fingerprint density at radius 3 is 2.47 bits per heavy atom. The van der Waals surface area contributed by atoms with Gasteiger partial charge in [0.05, 0.1) is 17.6 Å². The number of amides is 1. The van der Waals surface area contributed by atoms with Crippen molar-refractivity contribution >= 4 is 33.9 Å². The first-order valence-corrected chi connectivity index (χ1v) is 10.2. The van der Waals surface area contributed by atoms with E-state index in [1.54, 1.807) is 16.7 Å². The molecule has 2 aromatic carbocycles. The number of carbonyl (C=O) groups is 1. The van der Waals surface area contributed by atoms with E-state index in [9.17, 15) is 9.18 Å². The molecule has 6 nitrogen and oxygen atoms in total. The van der Waals surface area contributed by atoms with Crippen LogP contribution in [0.2, 0.25) is 0 Å². The van der Waals surface area contributed by atoms with Crippen LogP contribution in [0, 0.1) is 5.82 Å². The highest BCUT2D eigenvalue weighted by atomic mass is 19.1. The van der Waals surface area contributed by atoms with Gasteiger partial charge in [-0.15, -0.1) is 0 Å². The summed E-state index contributed by atoms with van der Waals surface area (Å²) in [4.78, 5) is 22.4.